The summed E-state index contributed by atoms with van der Waals surface area (Å²) in [6.45, 7) is 3.09. The zero-order valence-electron chi connectivity index (χ0n) is 10.9. The highest BCUT2D eigenvalue weighted by molar-refractivity contribution is 5.97. The van der Waals surface area contributed by atoms with Crippen molar-refractivity contribution in [2.75, 3.05) is 13.1 Å². The SMILES string of the molecule is CC(=O)c1cc(F)cc(CN2CCC(O)CC2)c1O. The third kappa shape index (κ3) is 3.30. The number of phenols is 1. The van der Waals surface area contributed by atoms with Gasteiger partial charge in [-0.25, -0.2) is 4.39 Å². The van der Waals surface area contributed by atoms with Gasteiger partial charge in [-0.3, -0.25) is 9.69 Å². The summed E-state index contributed by atoms with van der Waals surface area (Å²) in [6.07, 6.45) is 1.08. The summed E-state index contributed by atoms with van der Waals surface area (Å²) in [5, 5.41) is 19.4. The third-order valence-electron chi connectivity index (χ3n) is 3.48. The number of carbonyl (C=O) groups excluding carboxylic acids is 1. The number of hydrogen-bond donors (Lipinski definition) is 2. The van der Waals surface area contributed by atoms with E-state index in [1.54, 1.807) is 0 Å². The summed E-state index contributed by atoms with van der Waals surface area (Å²) in [7, 11) is 0. The van der Waals surface area contributed by atoms with Crippen molar-refractivity contribution < 1.29 is 19.4 Å². The number of piperidine rings is 1. The van der Waals surface area contributed by atoms with Crippen molar-refractivity contribution in [1.29, 1.82) is 0 Å². The number of rotatable bonds is 3. The summed E-state index contributed by atoms with van der Waals surface area (Å²) < 4.78 is 13.5. The van der Waals surface area contributed by atoms with E-state index in [4.69, 9.17) is 0 Å². The first-order chi connectivity index (χ1) is 8.97. The lowest BCUT2D eigenvalue weighted by Crippen LogP contribution is -2.35. The number of benzene rings is 1. The van der Waals surface area contributed by atoms with Gasteiger partial charge in [0, 0.05) is 25.2 Å². The summed E-state index contributed by atoms with van der Waals surface area (Å²) >= 11 is 0. The second-order valence-corrected chi connectivity index (χ2v) is 5.02. The van der Waals surface area contributed by atoms with Crippen LogP contribution in [0.25, 0.3) is 0 Å². The van der Waals surface area contributed by atoms with Gasteiger partial charge in [-0.05, 0) is 31.9 Å². The number of phenolic OH excluding ortho intramolecular Hbond substituents is 1. The molecule has 2 N–H and O–H groups in total. The van der Waals surface area contributed by atoms with E-state index >= 15 is 0 Å². The number of ketones is 1. The molecule has 0 radical (unpaired) electrons. The van der Waals surface area contributed by atoms with Crippen molar-refractivity contribution in [1.82, 2.24) is 4.90 Å². The number of Topliss-reactive ketones (excluding diaryl/α,β-unsaturated/α-hetero) is 1. The molecule has 4 nitrogen and oxygen atoms in total. The van der Waals surface area contributed by atoms with E-state index in [1.807, 2.05) is 4.90 Å². The molecule has 0 aliphatic carbocycles. The van der Waals surface area contributed by atoms with Gasteiger partial charge < -0.3 is 10.2 Å². The molecule has 1 fully saturated rings. The Morgan fingerprint density at radius 2 is 2.05 bits per heavy atom. The second-order valence-electron chi connectivity index (χ2n) is 5.02. The maximum Gasteiger partial charge on any atom is 0.163 e. The molecule has 0 saturated carbocycles. The smallest absolute Gasteiger partial charge is 0.163 e. The van der Waals surface area contributed by atoms with E-state index in [1.165, 1.54) is 13.0 Å². The molecule has 2 rings (SSSR count). The fourth-order valence-corrected chi connectivity index (χ4v) is 2.36. The van der Waals surface area contributed by atoms with Gasteiger partial charge in [0.1, 0.15) is 11.6 Å². The van der Waals surface area contributed by atoms with Gasteiger partial charge in [-0.2, -0.15) is 0 Å². The molecule has 0 amide bonds. The molecule has 1 saturated heterocycles. The van der Waals surface area contributed by atoms with Gasteiger partial charge in [-0.1, -0.05) is 0 Å². The van der Waals surface area contributed by atoms with Gasteiger partial charge in [0.05, 0.1) is 11.7 Å². The molecule has 0 atom stereocenters. The number of aliphatic hydroxyl groups excluding tert-OH is 1. The summed E-state index contributed by atoms with van der Waals surface area (Å²) in [6, 6.07) is 2.31. The molecule has 0 unspecified atom stereocenters. The molecule has 104 valence electrons. The Morgan fingerprint density at radius 3 is 2.63 bits per heavy atom. The van der Waals surface area contributed by atoms with E-state index in [0.29, 0.717) is 38.0 Å². The average molecular weight is 267 g/mol. The number of carbonyl (C=O) groups is 1. The number of aromatic hydroxyl groups is 1. The summed E-state index contributed by atoms with van der Waals surface area (Å²) in [5.41, 5.74) is 0.439. The molecular formula is C14H18FNO3. The summed E-state index contributed by atoms with van der Waals surface area (Å²) in [5.74, 6) is -1.01. The molecule has 0 bridgehead atoms. The normalized spacial score (nSPS) is 17.6. The highest BCUT2D eigenvalue weighted by Gasteiger charge is 2.20. The number of nitrogens with zero attached hydrogens (tertiary/aromatic N) is 1. The molecule has 1 aliphatic heterocycles. The largest absolute Gasteiger partial charge is 0.507 e. The number of aliphatic hydroxyl groups is 1. The predicted octanol–water partition coefficient (Wildman–Crippen LogP) is 1.69. The molecule has 0 aromatic heterocycles. The maximum atomic E-state index is 13.5. The topological polar surface area (TPSA) is 60.8 Å². The van der Waals surface area contributed by atoms with E-state index < -0.39 is 5.82 Å². The highest BCUT2D eigenvalue weighted by Crippen LogP contribution is 2.27. The van der Waals surface area contributed by atoms with Crippen LogP contribution in [-0.2, 0) is 6.54 Å². The minimum absolute atomic E-state index is 0.0204. The van der Waals surface area contributed by atoms with Crippen LogP contribution >= 0.6 is 0 Å². The van der Waals surface area contributed by atoms with Crippen molar-refractivity contribution in [2.45, 2.75) is 32.4 Å². The first-order valence-electron chi connectivity index (χ1n) is 6.40. The maximum absolute atomic E-state index is 13.5. The molecule has 1 aliphatic rings. The molecule has 1 heterocycles. The number of likely N-dealkylation sites (tertiary alicyclic amines) is 1. The van der Waals surface area contributed by atoms with E-state index in [0.717, 1.165) is 6.07 Å². The van der Waals surface area contributed by atoms with Crippen LogP contribution in [0.3, 0.4) is 0 Å². The first-order valence-corrected chi connectivity index (χ1v) is 6.40. The zero-order chi connectivity index (χ0) is 14.0. The van der Waals surface area contributed by atoms with Crippen LogP contribution in [0.15, 0.2) is 12.1 Å². The van der Waals surface area contributed by atoms with Crippen LogP contribution in [0.2, 0.25) is 0 Å². The van der Waals surface area contributed by atoms with Gasteiger partial charge >= 0.3 is 0 Å². The van der Waals surface area contributed by atoms with E-state index in [9.17, 15) is 19.4 Å². The molecule has 0 spiro atoms. The van der Waals surface area contributed by atoms with Crippen LogP contribution < -0.4 is 0 Å². The Kier molecular flexibility index (Phi) is 4.17. The van der Waals surface area contributed by atoms with Crippen LogP contribution in [0.1, 0.15) is 35.7 Å². The van der Waals surface area contributed by atoms with Gasteiger partial charge in [0.2, 0.25) is 0 Å². The van der Waals surface area contributed by atoms with Crippen molar-refractivity contribution in [3.05, 3.63) is 29.1 Å². The average Bonchev–Trinajstić information content (AvgIpc) is 2.35. The van der Waals surface area contributed by atoms with Crippen LogP contribution in [-0.4, -0.2) is 40.1 Å². The van der Waals surface area contributed by atoms with Crippen LogP contribution in [0.4, 0.5) is 4.39 Å². The molecule has 1 aromatic carbocycles. The molecule has 1 aromatic rings. The molecular weight excluding hydrogens is 249 g/mol. The minimum atomic E-state index is -0.518. The standard InChI is InChI=1S/C14H18FNO3/c1-9(17)13-7-11(15)6-10(14(13)19)8-16-4-2-12(18)3-5-16/h6-7,12,18-19H,2-5,8H2,1H3. The van der Waals surface area contributed by atoms with Gasteiger partial charge in [0.15, 0.2) is 5.78 Å². The highest BCUT2D eigenvalue weighted by atomic mass is 19.1. The van der Waals surface area contributed by atoms with Gasteiger partial charge in [0.25, 0.3) is 0 Å². The monoisotopic (exact) mass is 267 g/mol. The number of hydrogen-bond acceptors (Lipinski definition) is 4. The minimum Gasteiger partial charge on any atom is -0.507 e. The summed E-state index contributed by atoms with van der Waals surface area (Å²) in [4.78, 5) is 13.4. The lowest BCUT2D eigenvalue weighted by Gasteiger charge is -2.29. The van der Waals surface area contributed by atoms with Crippen molar-refractivity contribution >= 4 is 5.78 Å². The van der Waals surface area contributed by atoms with Crippen molar-refractivity contribution in [2.24, 2.45) is 0 Å². The first kappa shape index (κ1) is 14.0. The fraction of sp³-hybridized carbons (Fsp3) is 0.500. The number of halogens is 1. The second kappa shape index (κ2) is 5.67. The Morgan fingerprint density at radius 1 is 1.42 bits per heavy atom. The predicted molar refractivity (Wildman–Crippen MR) is 68.6 cm³/mol. The zero-order valence-corrected chi connectivity index (χ0v) is 10.9. The van der Waals surface area contributed by atoms with E-state index in [-0.39, 0.29) is 23.2 Å². The third-order valence-corrected chi connectivity index (χ3v) is 3.48. The quantitative estimate of drug-likeness (QED) is 0.818. The van der Waals surface area contributed by atoms with Crippen LogP contribution in [0, 0.1) is 5.82 Å². The van der Waals surface area contributed by atoms with Crippen molar-refractivity contribution in [3.8, 4) is 5.75 Å². The van der Waals surface area contributed by atoms with Gasteiger partial charge in [-0.15, -0.1) is 0 Å². The Hall–Kier alpha value is -1.46. The Labute approximate surface area is 111 Å². The van der Waals surface area contributed by atoms with Crippen LogP contribution in [0.5, 0.6) is 5.75 Å². The molecule has 19 heavy (non-hydrogen) atoms. The lowest BCUT2D eigenvalue weighted by atomic mass is 10.0. The Balaban J connectivity index is 2.18. The van der Waals surface area contributed by atoms with E-state index in [2.05, 4.69) is 0 Å². The Bertz CT molecular complexity index is 482. The lowest BCUT2D eigenvalue weighted by molar-refractivity contribution is 0.0788. The van der Waals surface area contributed by atoms with Crippen molar-refractivity contribution in [3.63, 3.8) is 0 Å². The molecule has 5 heteroatoms. The fourth-order valence-electron chi connectivity index (χ4n) is 2.36.